The molecule has 314 valence electrons. The van der Waals surface area contributed by atoms with Crippen molar-refractivity contribution < 1.29 is 43.3 Å². The van der Waals surface area contributed by atoms with Crippen molar-refractivity contribution in [2.75, 3.05) is 59.0 Å². The zero-order valence-corrected chi connectivity index (χ0v) is 33.9. The van der Waals surface area contributed by atoms with Crippen molar-refractivity contribution in [1.82, 2.24) is 21.3 Å². The van der Waals surface area contributed by atoms with Crippen LogP contribution in [0.15, 0.2) is 23.8 Å². The molecule has 0 spiro atoms. The Morgan fingerprint density at radius 1 is 0.891 bits per heavy atom. The Bertz CT molecular complexity index is 1370. The van der Waals surface area contributed by atoms with E-state index in [1.165, 1.54) is 12.2 Å². The predicted molar refractivity (Wildman–Crippen MR) is 211 cm³/mol. The third-order valence-electron chi connectivity index (χ3n) is 12.9. The first-order valence-corrected chi connectivity index (χ1v) is 20.2. The Balaban J connectivity index is 0.00000812. The number of allylic oxidation sites excluding steroid dienone is 4. The number of aliphatic hydroxyl groups excluding tert-OH is 1. The van der Waals surface area contributed by atoms with Crippen molar-refractivity contribution in [2.45, 2.75) is 115 Å². The van der Waals surface area contributed by atoms with Crippen molar-refractivity contribution >= 4 is 36.2 Å². The first-order valence-electron chi connectivity index (χ1n) is 20.2. The molecule has 0 aromatic heterocycles. The van der Waals surface area contributed by atoms with Crippen molar-refractivity contribution in [1.29, 1.82) is 0 Å². The van der Waals surface area contributed by atoms with Gasteiger partial charge in [0.2, 0.25) is 5.78 Å². The van der Waals surface area contributed by atoms with Crippen molar-refractivity contribution in [3.63, 3.8) is 0 Å². The van der Waals surface area contributed by atoms with Gasteiger partial charge in [-0.25, -0.2) is 14.0 Å². The van der Waals surface area contributed by atoms with E-state index in [1.54, 1.807) is 26.8 Å². The maximum Gasteiger partial charge on any atom is 0.407 e. The third kappa shape index (κ3) is 10.5. The lowest BCUT2D eigenvalue weighted by Crippen LogP contribution is -2.69. The van der Waals surface area contributed by atoms with E-state index in [0.29, 0.717) is 63.9 Å². The van der Waals surface area contributed by atoms with E-state index in [1.807, 2.05) is 0 Å². The van der Waals surface area contributed by atoms with Crippen LogP contribution in [0.4, 0.5) is 14.0 Å². The number of hydrogen-bond donors (Lipinski definition) is 7. The van der Waals surface area contributed by atoms with Crippen LogP contribution in [0.25, 0.3) is 0 Å². The molecule has 0 radical (unpaired) electrons. The number of alkyl carbamates (subject to hydrolysis) is 2. The minimum Gasteiger partial charge on any atom is -0.450 e. The normalized spacial score (nSPS) is 32.0. The van der Waals surface area contributed by atoms with Gasteiger partial charge in [0, 0.05) is 29.8 Å². The summed E-state index contributed by atoms with van der Waals surface area (Å²) >= 11 is 0. The number of fused-ring (bicyclic) bond motifs is 5. The maximum absolute atomic E-state index is 17.4. The van der Waals surface area contributed by atoms with Gasteiger partial charge in [-0.2, -0.15) is 0 Å². The molecule has 13 nitrogen and oxygen atoms in total. The summed E-state index contributed by atoms with van der Waals surface area (Å²) in [4.78, 5) is 50.1. The van der Waals surface area contributed by atoms with Gasteiger partial charge < -0.3 is 46.7 Å². The van der Waals surface area contributed by atoms with Gasteiger partial charge in [-0.3, -0.25) is 9.59 Å². The number of rotatable bonds is 22. The van der Waals surface area contributed by atoms with Crippen molar-refractivity contribution in [2.24, 2.45) is 34.3 Å². The second-order valence-corrected chi connectivity index (χ2v) is 16.3. The highest BCUT2D eigenvalue weighted by molar-refractivity contribution is 6.01. The van der Waals surface area contributed by atoms with Gasteiger partial charge in [0.15, 0.2) is 18.1 Å². The number of halogens is 2. The quantitative estimate of drug-likeness (QED) is 0.0780. The summed E-state index contributed by atoms with van der Waals surface area (Å²) in [6, 6.07) is 0. The van der Waals surface area contributed by atoms with Gasteiger partial charge in [-0.1, -0.05) is 31.9 Å². The molecule has 4 aliphatic carbocycles. The highest BCUT2D eigenvalue weighted by Crippen LogP contribution is 2.70. The molecule has 8 atom stereocenters. The summed E-state index contributed by atoms with van der Waals surface area (Å²) in [5.41, 5.74) is -0.150. The van der Waals surface area contributed by atoms with E-state index >= 15 is 4.39 Å². The fourth-order valence-electron chi connectivity index (χ4n) is 9.80. The molecule has 0 aliphatic heterocycles. The predicted octanol–water partition coefficient (Wildman–Crippen LogP) is 4.04. The van der Waals surface area contributed by atoms with E-state index in [9.17, 15) is 29.4 Å². The van der Waals surface area contributed by atoms with Gasteiger partial charge >= 0.3 is 12.2 Å². The number of carbonyl (C=O) groups is 4. The number of nitrogens with two attached hydrogens (primary N) is 1. The average molecular weight is 800 g/mol. The van der Waals surface area contributed by atoms with Gasteiger partial charge in [0.25, 0.3) is 0 Å². The first-order chi connectivity index (χ1) is 25.8. The minimum absolute atomic E-state index is 0. The Labute approximate surface area is 332 Å². The van der Waals surface area contributed by atoms with Crippen molar-refractivity contribution in [3.05, 3.63) is 23.8 Å². The Morgan fingerprint density at radius 2 is 1.49 bits per heavy atom. The molecule has 4 aliphatic rings. The molecule has 0 saturated heterocycles. The van der Waals surface area contributed by atoms with Crippen LogP contribution in [0, 0.1) is 28.6 Å². The molecular formula is C40H67ClFN5O8. The van der Waals surface area contributed by atoms with Crippen LogP contribution in [0.5, 0.6) is 0 Å². The summed E-state index contributed by atoms with van der Waals surface area (Å²) < 4.78 is 27.8. The Morgan fingerprint density at radius 3 is 2.18 bits per heavy atom. The van der Waals surface area contributed by atoms with Crippen LogP contribution in [0.2, 0.25) is 0 Å². The van der Waals surface area contributed by atoms with Crippen LogP contribution in [-0.4, -0.2) is 110 Å². The second kappa shape index (κ2) is 21.2. The largest absolute Gasteiger partial charge is 0.450 e. The SMILES string of the molecule is C[C@@H]1CC2C3CCC4=CC(=O)C=CC4(C)[C@@]3(F)C(O)CC2(C)[C@@]1(O)C(=O)COC(=O)NCCCCCCOC(=O)NCCCNCCCCNCCCN.Cl. The molecule has 0 aromatic carbocycles. The molecule has 8 N–H and O–H groups in total. The van der Waals surface area contributed by atoms with E-state index in [-0.39, 0.29) is 24.6 Å². The highest BCUT2D eigenvalue weighted by Gasteiger charge is 2.75. The smallest absolute Gasteiger partial charge is 0.407 e. The zero-order valence-electron chi connectivity index (χ0n) is 33.1. The minimum atomic E-state index is -2.06. The number of unbranched alkanes of at least 4 members (excludes halogenated alkanes) is 4. The maximum atomic E-state index is 17.4. The molecule has 3 fully saturated rings. The average Bonchev–Trinajstić information content (AvgIpc) is 3.34. The summed E-state index contributed by atoms with van der Waals surface area (Å²) in [6.07, 6.45) is 9.85. The lowest BCUT2D eigenvalue weighted by atomic mass is 9.44. The number of ketones is 2. The van der Waals surface area contributed by atoms with Gasteiger partial charge in [-0.15, -0.1) is 12.4 Å². The van der Waals surface area contributed by atoms with Gasteiger partial charge in [0.1, 0.15) is 5.60 Å². The number of ether oxygens (including phenoxy) is 2. The van der Waals surface area contributed by atoms with Crippen LogP contribution in [0.3, 0.4) is 0 Å². The number of carbonyl (C=O) groups excluding carboxylic acids is 4. The first kappa shape index (κ1) is 46.8. The fraction of sp³-hybridized carbons (Fsp3) is 0.800. The highest BCUT2D eigenvalue weighted by atomic mass is 35.5. The van der Waals surface area contributed by atoms with Gasteiger partial charge in [0.05, 0.1) is 12.7 Å². The molecule has 5 unspecified atom stereocenters. The zero-order chi connectivity index (χ0) is 39.4. The molecule has 3 saturated carbocycles. The summed E-state index contributed by atoms with van der Waals surface area (Å²) in [6.45, 7) is 10.2. The summed E-state index contributed by atoms with van der Waals surface area (Å²) in [5.74, 6) is -2.44. The van der Waals surface area contributed by atoms with Crippen molar-refractivity contribution in [3.8, 4) is 0 Å². The molecule has 55 heavy (non-hydrogen) atoms. The number of hydrogen-bond acceptors (Lipinski definition) is 11. The number of Topliss-reactive ketones (excluding diaryl/α,β-unsaturated/α-hetero) is 1. The Kier molecular flexibility index (Phi) is 18.0. The standard InChI is InChI=1S/C40H66FN5O8.ClH/c1-28-24-32-31-13-12-29-25-30(47)14-15-37(29,2)39(31,41)33(48)26-38(32,3)40(28,52)34(49)27-54-36(51)45-21-6-4-5-9-23-53-35(50)46-22-11-20-44-18-8-7-17-43-19-10-16-42;/h14-15,25,28,31-33,43-44,48,52H,4-13,16-24,26-27,42H2,1-3H3,(H,45,51)(H,46,50);1H/t28-,31?,32?,33?,37?,38?,39+,40+;/m1./s1. The lowest BCUT2D eigenvalue weighted by Gasteiger charge is -2.62. The van der Waals surface area contributed by atoms with E-state index < -0.39 is 70.5 Å². The van der Waals surface area contributed by atoms with Crippen LogP contribution in [-0.2, 0) is 19.1 Å². The van der Waals surface area contributed by atoms with Crippen LogP contribution in [0.1, 0.15) is 97.8 Å². The summed E-state index contributed by atoms with van der Waals surface area (Å²) in [7, 11) is 0. The number of nitrogens with one attached hydrogen (secondary N) is 4. The second-order valence-electron chi connectivity index (χ2n) is 16.3. The molecule has 0 heterocycles. The van der Waals surface area contributed by atoms with Gasteiger partial charge in [-0.05, 0) is 134 Å². The molecule has 0 bridgehead atoms. The Hall–Kier alpha value is -2.62. The lowest BCUT2D eigenvalue weighted by molar-refractivity contribution is -0.219. The summed E-state index contributed by atoms with van der Waals surface area (Å²) in [5, 5.41) is 35.7. The topological polar surface area (TPSA) is 201 Å². The van der Waals surface area contributed by atoms with Crippen LogP contribution < -0.4 is 27.0 Å². The van der Waals surface area contributed by atoms with E-state index in [0.717, 1.165) is 64.7 Å². The molecule has 15 heteroatoms. The number of amides is 2. The molecule has 2 amide bonds. The number of alkyl halides is 1. The molecule has 4 rings (SSSR count). The monoisotopic (exact) mass is 799 g/mol. The van der Waals surface area contributed by atoms with Crippen LogP contribution >= 0.6 is 12.4 Å². The molecule has 0 aromatic rings. The van der Waals surface area contributed by atoms with E-state index in [2.05, 4.69) is 21.3 Å². The fourth-order valence-corrected chi connectivity index (χ4v) is 9.80. The third-order valence-corrected chi connectivity index (χ3v) is 12.9. The van der Waals surface area contributed by atoms with E-state index in [4.69, 9.17) is 15.2 Å². The molecular weight excluding hydrogens is 733 g/mol. The number of aliphatic hydroxyl groups is 2.